The van der Waals surface area contributed by atoms with Crippen LogP contribution in [0.3, 0.4) is 0 Å². The molecule has 0 saturated carbocycles. The Kier molecular flexibility index (Phi) is 7.75. The van der Waals surface area contributed by atoms with E-state index in [-0.39, 0.29) is 29.8 Å². The summed E-state index contributed by atoms with van der Waals surface area (Å²) in [5.41, 5.74) is 5.32. The molecule has 3 N–H and O–H groups in total. The molecule has 0 aliphatic heterocycles. The number of halogens is 1. The molecule has 7 heteroatoms. The summed E-state index contributed by atoms with van der Waals surface area (Å²) in [6.07, 6.45) is 1.75. The van der Waals surface area contributed by atoms with Crippen molar-refractivity contribution >= 4 is 18.3 Å². The summed E-state index contributed by atoms with van der Waals surface area (Å²) in [4.78, 5) is 15.9. The van der Waals surface area contributed by atoms with Gasteiger partial charge in [0.2, 0.25) is 11.8 Å². The van der Waals surface area contributed by atoms with Gasteiger partial charge in [-0.05, 0) is 13.3 Å². The van der Waals surface area contributed by atoms with Gasteiger partial charge in [0.05, 0.1) is 0 Å². The summed E-state index contributed by atoms with van der Waals surface area (Å²) in [6, 6.07) is 0.0170. The van der Waals surface area contributed by atoms with Crippen molar-refractivity contribution in [1.29, 1.82) is 0 Å². The van der Waals surface area contributed by atoms with Gasteiger partial charge in [-0.3, -0.25) is 4.79 Å². The van der Waals surface area contributed by atoms with Gasteiger partial charge in [0.25, 0.3) is 0 Å². The van der Waals surface area contributed by atoms with Crippen LogP contribution in [0.4, 0.5) is 0 Å². The molecular formula is C13H25ClN4O2. The fourth-order valence-electron chi connectivity index (χ4n) is 1.47. The number of aryl methyl sites for hydroxylation is 1. The second kappa shape index (κ2) is 8.21. The lowest BCUT2D eigenvalue weighted by Crippen LogP contribution is -2.37. The largest absolute Gasteiger partial charge is 0.352 e. The van der Waals surface area contributed by atoms with E-state index in [9.17, 15) is 4.79 Å². The predicted octanol–water partition coefficient (Wildman–Crippen LogP) is 1.57. The van der Waals surface area contributed by atoms with E-state index in [4.69, 9.17) is 10.3 Å². The number of aromatic nitrogens is 2. The second-order valence-electron chi connectivity index (χ2n) is 5.82. The first-order valence-electron chi connectivity index (χ1n) is 6.65. The normalized spacial score (nSPS) is 12.7. The summed E-state index contributed by atoms with van der Waals surface area (Å²) in [5, 5.41) is 6.76. The molecule has 116 valence electrons. The average Bonchev–Trinajstić information content (AvgIpc) is 2.77. The Labute approximate surface area is 126 Å². The molecule has 0 aliphatic carbocycles. The highest BCUT2D eigenvalue weighted by Crippen LogP contribution is 2.18. The molecule has 1 aromatic rings. The number of hydrogen-bond donors (Lipinski definition) is 2. The molecule has 0 aromatic carbocycles. The van der Waals surface area contributed by atoms with Crippen LogP contribution >= 0.6 is 12.4 Å². The number of nitrogens with zero attached hydrogens (tertiary/aromatic N) is 2. The Morgan fingerprint density at radius 2 is 2.10 bits per heavy atom. The molecule has 0 saturated heterocycles. The van der Waals surface area contributed by atoms with Crippen LogP contribution in [0.5, 0.6) is 0 Å². The third-order valence-corrected chi connectivity index (χ3v) is 2.69. The zero-order valence-corrected chi connectivity index (χ0v) is 13.4. The molecule has 0 unspecified atom stereocenters. The van der Waals surface area contributed by atoms with Crippen LogP contribution in [0.25, 0.3) is 0 Å². The van der Waals surface area contributed by atoms with Gasteiger partial charge in [0.1, 0.15) is 0 Å². The zero-order valence-electron chi connectivity index (χ0n) is 12.6. The Morgan fingerprint density at radius 1 is 1.45 bits per heavy atom. The summed E-state index contributed by atoms with van der Waals surface area (Å²) >= 11 is 0. The summed E-state index contributed by atoms with van der Waals surface area (Å²) < 4.78 is 5.16. The standard InChI is InChI=1S/C13H24N4O2.ClH/c1-9(8-14)15-10(18)6-5-7-11-16-12(17-19-11)13(2,3)4;/h9H,5-8,14H2,1-4H3,(H,15,18);1H/t9-;/m0./s1. The zero-order chi connectivity index (χ0) is 14.5. The highest BCUT2D eigenvalue weighted by atomic mass is 35.5. The Bertz CT molecular complexity index is 415. The van der Waals surface area contributed by atoms with E-state index < -0.39 is 0 Å². The number of hydrogen-bond acceptors (Lipinski definition) is 5. The highest BCUT2D eigenvalue weighted by Gasteiger charge is 2.20. The number of amides is 1. The molecular weight excluding hydrogens is 280 g/mol. The van der Waals surface area contributed by atoms with E-state index in [1.54, 1.807) is 0 Å². The Morgan fingerprint density at radius 3 is 2.60 bits per heavy atom. The van der Waals surface area contributed by atoms with E-state index in [0.717, 1.165) is 0 Å². The Balaban J connectivity index is 0.00000361. The number of nitrogens with one attached hydrogen (secondary N) is 1. The average molecular weight is 305 g/mol. The lowest BCUT2D eigenvalue weighted by atomic mass is 9.96. The van der Waals surface area contributed by atoms with Crippen molar-refractivity contribution < 1.29 is 9.32 Å². The van der Waals surface area contributed by atoms with Crippen LogP contribution in [-0.4, -0.2) is 28.6 Å². The van der Waals surface area contributed by atoms with Gasteiger partial charge >= 0.3 is 0 Å². The molecule has 0 spiro atoms. The fraction of sp³-hybridized carbons (Fsp3) is 0.769. The van der Waals surface area contributed by atoms with E-state index in [2.05, 4.69) is 15.5 Å². The number of nitrogens with two attached hydrogens (primary N) is 1. The monoisotopic (exact) mass is 304 g/mol. The highest BCUT2D eigenvalue weighted by molar-refractivity contribution is 5.85. The van der Waals surface area contributed by atoms with E-state index in [0.29, 0.717) is 37.5 Å². The number of carbonyl (C=O) groups excluding carboxylic acids is 1. The summed E-state index contributed by atoms with van der Waals surface area (Å²) in [7, 11) is 0. The SMILES string of the molecule is C[C@@H](CN)NC(=O)CCCc1nc(C(C)(C)C)no1.Cl. The third kappa shape index (κ3) is 6.34. The van der Waals surface area contributed by atoms with Crippen molar-refractivity contribution in [1.82, 2.24) is 15.5 Å². The van der Waals surface area contributed by atoms with Gasteiger partial charge < -0.3 is 15.6 Å². The Hall–Kier alpha value is -1.14. The molecule has 1 atom stereocenters. The molecule has 1 heterocycles. The van der Waals surface area contributed by atoms with Crippen molar-refractivity contribution in [2.24, 2.45) is 5.73 Å². The number of carbonyl (C=O) groups is 1. The molecule has 6 nitrogen and oxygen atoms in total. The van der Waals surface area contributed by atoms with Crippen LogP contribution in [0.1, 0.15) is 52.3 Å². The molecule has 0 radical (unpaired) electrons. The van der Waals surface area contributed by atoms with E-state index in [1.165, 1.54) is 0 Å². The third-order valence-electron chi connectivity index (χ3n) is 2.69. The van der Waals surface area contributed by atoms with Crippen molar-refractivity contribution in [2.45, 2.75) is 58.4 Å². The maximum atomic E-state index is 11.5. The molecule has 0 aliphatic rings. The van der Waals surface area contributed by atoms with E-state index in [1.807, 2.05) is 27.7 Å². The van der Waals surface area contributed by atoms with Gasteiger partial charge in [0.15, 0.2) is 5.82 Å². The quantitative estimate of drug-likeness (QED) is 0.832. The van der Waals surface area contributed by atoms with Crippen molar-refractivity contribution in [3.05, 3.63) is 11.7 Å². The smallest absolute Gasteiger partial charge is 0.226 e. The first-order valence-corrected chi connectivity index (χ1v) is 6.65. The van der Waals surface area contributed by atoms with Crippen LogP contribution in [0.2, 0.25) is 0 Å². The molecule has 0 bridgehead atoms. The van der Waals surface area contributed by atoms with E-state index >= 15 is 0 Å². The van der Waals surface area contributed by atoms with Gasteiger partial charge in [-0.15, -0.1) is 12.4 Å². The predicted molar refractivity (Wildman–Crippen MR) is 79.8 cm³/mol. The van der Waals surface area contributed by atoms with Gasteiger partial charge in [-0.2, -0.15) is 4.98 Å². The summed E-state index contributed by atoms with van der Waals surface area (Å²) in [6.45, 7) is 8.42. The van der Waals surface area contributed by atoms with Crippen LogP contribution in [0, 0.1) is 0 Å². The summed E-state index contributed by atoms with van der Waals surface area (Å²) in [5.74, 6) is 1.29. The van der Waals surface area contributed by atoms with Crippen LogP contribution in [0.15, 0.2) is 4.52 Å². The number of rotatable bonds is 6. The lowest BCUT2D eigenvalue weighted by molar-refractivity contribution is -0.121. The van der Waals surface area contributed by atoms with Crippen LogP contribution in [-0.2, 0) is 16.6 Å². The van der Waals surface area contributed by atoms with Crippen molar-refractivity contribution in [3.8, 4) is 0 Å². The van der Waals surface area contributed by atoms with Gasteiger partial charge in [-0.1, -0.05) is 25.9 Å². The van der Waals surface area contributed by atoms with Crippen LogP contribution < -0.4 is 11.1 Å². The maximum Gasteiger partial charge on any atom is 0.226 e. The minimum Gasteiger partial charge on any atom is -0.352 e. The first-order chi connectivity index (χ1) is 8.82. The topological polar surface area (TPSA) is 94.0 Å². The van der Waals surface area contributed by atoms with Crippen molar-refractivity contribution in [3.63, 3.8) is 0 Å². The van der Waals surface area contributed by atoms with Crippen molar-refractivity contribution in [2.75, 3.05) is 6.54 Å². The molecule has 1 aromatic heterocycles. The molecule has 1 rings (SSSR count). The molecule has 20 heavy (non-hydrogen) atoms. The lowest BCUT2D eigenvalue weighted by Gasteiger charge is -2.11. The maximum absolute atomic E-state index is 11.5. The minimum atomic E-state index is -0.115. The minimum absolute atomic E-state index is 0. The fourth-order valence-corrected chi connectivity index (χ4v) is 1.47. The molecule has 0 fully saturated rings. The van der Waals surface area contributed by atoms with Gasteiger partial charge in [-0.25, -0.2) is 0 Å². The second-order valence-corrected chi connectivity index (χ2v) is 5.82. The molecule has 1 amide bonds. The first kappa shape index (κ1) is 18.9. The van der Waals surface area contributed by atoms with Gasteiger partial charge in [0, 0.05) is 30.8 Å².